The van der Waals surface area contributed by atoms with Crippen molar-refractivity contribution in [1.29, 1.82) is 0 Å². The SMILES string of the molecule is CCCN(c1cccc(O)c1)C1C(=O)CC(C)(CCc2ccc(O)cc2)OC1=O. The molecule has 0 amide bonds. The monoisotopic (exact) mass is 397 g/mol. The van der Waals surface area contributed by atoms with Crippen LogP contribution in [0.15, 0.2) is 48.5 Å². The number of phenols is 2. The van der Waals surface area contributed by atoms with Crippen molar-refractivity contribution in [2.45, 2.75) is 51.2 Å². The molecular formula is C23H27NO5. The van der Waals surface area contributed by atoms with E-state index < -0.39 is 17.6 Å². The van der Waals surface area contributed by atoms with E-state index in [0.717, 1.165) is 12.0 Å². The molecule has 29 heavy (non-hydrogen) atoms. The molecule has 3 rings (SSSR count). The number of nitrogens with zero attached hydrogens (tertiary/aromatic N) is 1. The number of carbonyl (C=O) groups is 2. The number of hydrogen-bond donors (Lipinski definition) is 2. The van der Waals surface area contributed by atoms with Gasteiger partial charge in [-0.15, -0.1) is 0 Å². The van der Waals surface area contributed by atoms with Crippen LogP contribution in [-0.2, 0) is 20.7 Å². The number of phenolic OH excluding ortho intramolecular Hbond substituents is 2. The van der Waals surface area contributed by atoms with Crippen LogP contribution >= 0.6 is 0 Å². The lowest BCUT2D eigenvalue weighted by molar-refractivity contribution is -0.171. The van der Waals surface area contributed by atoms with Gasteiger partial charge in [0.25, 0.3) is 0 Å². The topological polar surface area (TPSA) is 87.1 Å². The maximum Gasteiger partial charge on any atom is 0.337 e. The summed E-state index contributed by atoms with van der Waals surface area (Å²) in [6.45, 7) is 4.26. The van der Waals surface area contributed by atoms with Crippen molar-refractivity contribution in [2.24, 2.45) is 0 Å². The minimum absolute atomic E-state index is 0.0824. The summed E-state index contributed by atoms with van der Waals surface area (Å²) >= 11 is 0. The molecular weight excluding hydrogens is 370 g/mol. The van der Waals surface area contributed by atoms with Crippen LogP contribution in [0.5, 0.6) is 11.5 Å². The number of ether oxygens (including phenoxy) is 1. The Morgan fingerprint density at radius 1 is 1.10 bits per heavy atom. The average Bonchev–Trinajstić information content (AvgIpc) is 2.66. The van der Waals surface area contributed by atoms with Gasteiger partial charge in [0.1, 0.15) is 17.1 Å². The molecule has 6 nitrogen and oxygen atoms in total. The van der Waals surface area contributed by atoms with Crippen LogP contribution < -0.4 is 4.90 Å². The van der Waals surface area contributed by atoms with Crippen molar-refractivity contribution in [3.63, 3.8) is 0 Å². The largest absolute Gasteiger partial charge is 0.508 e. The molecule has 2 aromatic carbocycles. The highest BCUT2D eigenvalue weighted by Gasteiger charge is 2.46. The Morgan fingerprint density at radius 3 is 2.45 bits per heavy atom. The molecule has 0 aromatic heterocycles. The average molecular weight is 397 g/mol. The molecule has 0 radical (unpaired) electrons. The van der Waals surface area contributed by atoms with E-state index in [0.29, 0.717) is 25.1 Å². The molecule has 154 valence electrons. The zero-order valence-electron chi connectivity index (χ0n) is 16.8. The first kappa shape index (κ1) is 20.7. The highest BCUT2D eigenvalue weighted by Crippen LogP contribution is 2.33. The fourth-order valence-corrected chi connectivity index (χ4v) is 3.76. The third-order valence-corrected chi connectivity index (χ3v) is 5.24. The summed E-state index contributed by atoms with van der Waals surface area (Å²) in [5, 5.41) is 19.2. The fourth-order valence-electron chi connectivity index (χ4n) is 3.76. The number of aryl methyl sites for hydroxylation is 1. The van der Waals surface area contributed by atoms with E-state index in [1.54, 1.807) is 48.2 Å². The lowest BCUT2D eigenvalue weighted by atomic mass is 9.86. The number of rotatable bonds is 7. The molecule has 0 spiro atoms. The number of anilines is 1. The van der Waals surface area contributed by atoms with Crippen LogP contribution in [-0.4, -0.2) is 40.2 Å². The molecule has 1 saturated heterocycles. The summed E-state index contributed by atoms with van der Waals surface area (Å²) in [6, 6.07) is 12.4. The Balaban J connectivity index is 1.74. The minimum atomic E-state index is -1.00. The van der Waals surface area contributed by atoms with Crippen molar-refractivity contribution in [1.82, 2.24) is 0 Å². The smallest absolute Gasteiger partial charge is 0.337 e. The van der Waals surface area contributed by atoms with E-state index in [-0.39, 0.29) is 23.7 Å². The summed E-state index contributed by atoms with van der Waals surface area (Å²) in [4.78, 5) is 27.6. The Labute approximate surface area is 170 Å². The zero-order valence-corrected chi connectivity index (χ0v) is 16.8. The molecule has 1 fully saturated rings. The molecule has 2 unspecified atom stereocenters. The number of carbonyl (C=O) groups excluding carboxylic acids is 2. The zero-order chi connectivity index (χ0) is 21.0. The lowest BCUT2D eigenvalue weighted by Crippen LogP contribution is -2.56. The van der Waals surface area contributed by atoms with Crippen molar-refractivity contribution in [3.05, 3.63) is 54.1 Å². The molecule has 1 aliphatic rings. The van der Waals surface area contributed by atoms with Crippen molar-refractivity contribution >= 4 is 17.4 Å². The fraction of sp³-hybridized carbons (Fsp3) is 0.391. The Hall–Kier alpha value is -3.02. The predicted molar refractivity (Wildman–Crippen MR) is 110 cm³/mol. The summed E-state index contributed by atoms with van der Waals surface area (Å²) in [5.41, 5.74) is 0.760. The lowest BCUT2D eigenvalue weighted by Gasteiger charge is -2.40. The molecule has 1 aliphatic heterocycles. The number of ketones is 1. The van der Waals surface area contributed by atoms with Gasteiger partial charge in [-0.3, -0.25) is 4.79 Å². The summed E-state index contributed by atoms with van der Waals surface area (Å²) in [6.07, 6.45) is 2.03. The minimum Gasteiger partial charge on any atom is -0.508 e. The van der Waals surface area contributed by atoms with Gasteiger partial charge in [0.15, 0.2) is 11.8 Å². The molecule has 0 saturated carbocycles. The second-order valence-corrected chi connectivity index (χ2v) is 7.80. The molecule has 2 atom stereocenters. The van der Waals surface area contributed by atoms with Crippen molar-refractivity contribution in [2.75, 3.05) is 11.4 Å². The van der Waals surface area contributed by atoms with Crippen LogP contribution in [0, 0.1) is 0 Å². The van der Waals surface area contributed by atoms with Crippen LogP contribution in [0.4, 0.5) is 5.69 Å². The van der Waals surface area contributed by atoms with Crippen molar-refractivity contribution < 1.29 is 24.5 Å². The first-order chi connectivity index (χ1) is 13.8. The maximum atomic E-state index is 13.0. The number of cyclic esters (lactones) is 1. The molecule has 2 N–H and O–H groups in total. The van der Waals surface area contributed by atoms with E-state index in [1.807, 2.05) is 19.1 Å². The number of esters is 1. The Bertz CT molecular complexity index is 859. The van der Waals surface area contributed by atoms with Gasteiger partial charge in [0, 0.05) is 24.7 Å². The van der Waals surface area contributed by atoms with E-state index in [4.69, 9.17) is 4.74 Å². The van der Waals surface area contributed by atoms with Gasteiger partial charge in [0.2, 0.25) is 0 Å². The third kappa shape index (κ3) is 4.88. The normalized spacial score (nSPS) is 21.7. The first-order valence-electron chi connectivity index (χ1n) is 9.90. The van der Waals surface area contributed by atoms with Gasteiger partial charge >= 0.3 is 5.97 Å². The molecule has 6 heteroatoms. The quantitative estimate of drug-likeness (QED) is 0.548. The van der Waals surface area contributed by atoms with Gasteiger partial charge in [0.05, 0.1) is 0 Å². The number of Topliss-reactive ketones (excluding diaryl/α,β-unsaturated/α-hetero) is 1. The molecule has 2 aromatic rings. The van der Waals surface area contributed by atoms with E-state index in [9.17, 15) is 19.8 Å². The van der Waals surface area contributed by atoms with Crippen LogP contribution in [0.1, 0.15) is 38.7 Å². The van der Waals surface area contributed by atoms with Gasteiger partial charge in [-0.1, -0.05) is 25.1 Å². The van der Waals surface area contributed by atoms with Crippen LogP contribution in [0.3, 0.4) is 0 Å². The number of aromatic hydroxyl groups is 2. The summed E-state index contributed by atoms with van der Waals surface area (Å²) in [5.74, 6) is -0.443. The Kier molecular flexibility index (Phi) is 6.11. The molecule has 0 bridgehead atoms. The standard InChI is InChI=1S/C23H27NO5/c1-3-13-24(17-5-4-6-19(26)14-17)21-20(27)15-23(2,29-22(21)28)12-11-16-7-9-18(25)10-8-16/h4-10,14,21,25-26H,3,11-13,15H2,1-2H3. The van der Waals surface area contributed by atoms with Gasteiger partial charge in [-0.2, -0.15) is 0 Å². The van der Waals surface area contributed by atoms with Gasteiger partial charge in [-0.25, -0.2) is 4.79 Å². The van der Waals surface area contributed by atoms with Gasteiger partial charge < -0.3 is 19.8 Å². The second kappa shape index (κ2) is 8.55. The van der Waals surface area contributed by atoms with Gasteiger partial charge in [-0.05, 0) is 56.0 Å². The second-order valence-electron chi connectivity index (χ2n) is 7.80. The van der Waals surface area contributed by atoms with Crippen LogP contribution in [0.25, 0.3) is 0 Å². The Morgan fingerprint density at radius 2 is 1.83 bits per heavy atom. The maximum absolute atomic E-state index is 13.0. The number of benzene rings is 2. The van der Waals surface area contributed by atoms with E-state index in [2.05, 4.69) is 0 Å². The summed E-state index contributed by atoms with van der Waals surface area (Å²) in [7, 11) is 0. The number of hydrogen-bond acceptors (Lipinski definition) is 6. The van der Waals surface area contributed by atoms with Crippen molar-refractivity contribution in [3.8, 4) is 11.5 Å². The highest BCUT2D eigenvalue weighted by atomic mass is 16.6. The summed E-state index contributed by atoms with van der Waals surface area (Å²) < 4.78 is 5.77. The molecule has 0 aliphatic carbocycles. The highest BCUT2D eigenvalue weighted by molar-refractivity contribution is 6.08. The first-order valence-corrected chi connectivity index (χ1v) is 9.90. The van der Waals surface area contributed by atoms with E-state index in [1.165, 1.54) is 0 Å². The molecule has 1 heterocycles. The van der Waals surface area contributed by atoms with Crippen LogP contribution in [0.2, 0.25) is 0 Å². The third-order valence-electron chi connectivity index (χ3n) is 5.24. The predicted octanol–water partition coefficient (Wildman–Crippen LogP) is 3.59. The van der Waals surface area contributed by atoms with E-state index >= 15 is 0 Å².